The summed E-state index contributed by atoms with van der Waals surface area (Å²) in [6.07, 6.45) is -0.944. The number of carbonyl (C=O) groups is 1. The Morgan fingerprint density at radius 2 is 1.72 bits per heavy atom. The molecule has 7 heteroatoms. The second kappa shape index (κ2) is 7.76. The highest BCUT2D eigenvalue weighted by atomic mass is 16.6. The Morgan fingerprint density at radius 1 is 1.08 bits per heavy atom. The third kappa shape index (κ3) is 3.95. The highest BCUT2D eigenvalue weighted by molar-refractivity contribution is 5.83. The van der Waals surface area contributed by atoms with Crippen LogP contribution in [0.5, 0.6) is 5.75 Å². The zero-order valence-electron chi connectivity index (χ0n) is 13.5. The summed E-state index contributed by atoms with van der Waals surface area (Å²) in [7, 11) is 0. The van der Waals surface area contributed by atoms with Gasteiger partial charge in [0.1, 0.15) is 0 Å². The predicted molar refractivity (Wildman–Crippen MR) is 90.3 cm³/mol. The second-order valence-electron chi connectivity index (χ2n) is 5.57. The van der Waals surface area contributed by atoms with Gasteiger partial charge in [0.25, 0.3) is 5.91 Å². The van der Waals surface area contributed by atoms with Gasteiger partial charge in [-0.2, -0.15) is 0 Å². The molecule has 1 aliphatic heterocycles. The molecule has 0 aromatic heterocycles. The lowest BCUT2D eigenvalue weighted by molar-refractivity contribution is -0.386. The standard InChI is InChI=1S/C18H18N2O5/c21-18(19-10-12-24-13-11-19)17(14-6-2-1-3-7-14)25-16-9-5-4-8-15(16)20(22)23/h1-9,17H,10-13H2/t17-/m0/s1. The maximum Gasteiger partial charge on any atom is 0.310 e. The van der Waals surface area contributed by atoms with Crippen molar-refractivity contribution in [2.45, 2.75) is 6.10 Å². The van der Waals surface area contributed by atoms with Crippen LogP contribution in [0.2, 0.25) is 0 Å². The Balaban J connectivity index is 1.92. The van der Waals surface area contributed by atoms with E-state index in [0.717, 1.165) is 0 Å². The molecule has 2 aromatic rings. The summed E-state index contributed by atoms with van der Waals surface area (Å²) >= 11 is 0. The zero-order valence-corrected chi connectivity index (χ0v) is 13.5. The summed E-state index contributed by atoms with van der Waals surface area (Å²) in [6, 6.07) is 15.1. The molecule has 7 nitrogen and oxygen atoms in total. The number of ether oxygens (including phenoxy) is 2. The van der Waals surface area contributed by atoms with Crippen molar-refractivity contribution in [2.24, 2.45) is 0 Å². The van der Waals surface area contributed by atoms with Gasteiger partial charge < -0.3 is 14.4 Å². The molecule has 1 aliphatic rings. The lowest BCUT2D eigenvalue weighted by Gasteiger charge is -2.30. The van der Waals surface area contributed by atoms with Gasteiger partial charge in [0, 0.05) is 24.7 Å². The Hall–Kier alpha value is -2.93. The molecule has 1 atom stereocenters. The molecule has 130 valence electrons. The summed E-state index contributed by atoms with van der Waals surface area (Å²) < 4.78 is 11.1. The van der Waals surface area contributed by atoms with Gasteiger partial charge in [-0.05, 0) is 6.07 Å². The van der Waals surface area contributed by atoms with E-state index >= 15 is 0 Å². The molecule has 1 heterocycles. The third-order valence-electron chi connectivity index (χ3n) is 3.96. The van der Waals surface area contributed by atoms with E-state index in [0.29, 0.717) is 31.9 Å². The molecule has 1 saturated heterocycles. The Kier molecular flexibility index (Phi) is 5.25. The van der Waals surface area contributed by atoms with E-state index in [1.54, 1.807) is 41.3 Å². The van der Waals surface area contributed by atoms with Crippen LogP contribution in [0.3, 0.4) is 0 Å². The van der Waals surface area contributed by atoms with Crippen molar-refractivity contribution in [3.05, 3.63) is 70.3 Å². The van der Waals surface area contributed by atoms with Crippen molar-refractivity contribution in [1.82, 2.24) is 4.90 Å². The van der Waals surface area contributed by atoms with E-state index in [2.05, 4.69) is 0 Å². The van der Waals surface area contributed by atoms with Crippen LogP contribution in [0.1, 0.15) is 11.7 Å². The predicted octanol–water partition coefficient (Wildman–Crippen LogP) is 2.57. The number of carbonyl (C=O) groups excluding carboxylic acids is 1. The fraction of sp³-hybridized carbons (Fsp3) is 0.278. The topological polar surface area (TPSA) is 81.9 Å². The maximum atomic E-state index is 13.0. The lowest BCUT2D eigenvalue weighted by Crippen LogP contribution is -2.44. The average Bonchev–Trinajstić information content (AvgIpc) is 2.67. The molecule has 0 aliphatic carbocycles. The molecule has 0 N–H and O–H groups in total. The van der Waals surface area contributed by atoms with Crippen molar-refractivity contribution in [2.75, 3.05) is 26.3 Å². The van der Waals surface area contributed by atoms with E-state index in [1.807, 2.05) is 6.07 Å². The van der Waals surface area contributed by atoms with Crippen LogP contribution >= 0.6 is 0 Å². The number of nitro benzene ring substituents is 1. The van der Waals surface area contributed by atoms with Gasteiger partial charge >= 0.3 is 5.69 Å². The quantitative estimate of drug-likeness (QED) is 0.616. The Bertz CT molecular complexity index is 744. The summed E-state index contributed by atoms with van der Waals surface area (Å²) in [6.45, 7) is 1.89. The summed E-state index contributed by atoms with van der Waals surface area (Å²) in [4.78, 5) is 25.3. The monoisotopic (exact) mass is 342 g/mol. The molecule has 1 amide bonds. The minimum Gasteiger partial charge on any atom is -0.469 e. The van der Waals surface area contributed by atoms with Gasteiger partial charge in [-0.25, -0.2) is 0 Å². The number of amides is 1. The first-order valence-corrected chi connectivity index (χ1v) is 7.98. The molecule has 0 radical (unpaired) electrons. The summed E-state index contributed by atoms with van der Waals surface area (Å²) in [5.74, 6) is -0.157. The number of para-hydroxylation sites is 2. The van der Waals surface area contributed by atoms with E-state index in [4.69, 9.17) is 9.47 Å². The molecule has 0 unspecified atom stereocenters. The number of hydrogen-bond donors (Lipinski definition) is 0. The Morgan fingerprint density at radius 3 is 2.40 bits per heavy atom. The zero-order chi connectivity index (χ0) is 17.6. The first kappa shape index (κ1) is 16.9. The van der Waals surface area contributed by atoms with Crippen LogP contribution in [-0.2, 0) is 9.53 Å². The molecule has 0 spiro atoms. The number of rotatable bonds is 5. The van der Waals surface area contributed by atoms with Crippen molar-refractivity contribution in [3.8, 4) is 5.75 Å². The number of hydrogen-bond acceptors (Lipinski definition) is 5. The number of nitro groups is 1. The van der Waals surface area contributed by atoms with Gasteiger partial charge in [0.05, 0.1) is 18.1 Å². The molecular formula is C18H18N2O5. The van der Waals surface area contributed by atoms with Crippen LogP contribution < -0.4 is 4.74 Å². The minimum atomic E-state index is -0.944. The van der Waals surface area contributed by atoms with Gasteiger partial charge in [0.2, 0.25) is 6.10 Å². The summed E-state index contributed by atoms with van der Waals surface area (Å²) in [5.41, 5.74) is 0.482. The van der Waals surface area contributed by atoms with E-state index in [9.17, 15) is 14.9 Å². The van der Waals surface area contributed by atoms with Crippen LogP contribution in [0.25, 0.3) is 0 Å². The SMILES string of the molecule is O=C([C@@H](Oc1ccccc1[N+](=O)[O-])c1ccccc1)N1CCOCC1. The largest absolute Gasteiger partial charge is 0.469 e. The average molecular weight is 342 g/mol. The van der Waals surface area contributed by atoms with Gasteiger partial charge in [-0.1, -0.05) is 42.5 Å². The van der Waals surface area contributed by atoms with E-state index in [1.165, 1.54) is 12.1 Å². The maximum absolute atomic E-state index is 13.0. The normalized spacial score (nSPS) is 15.4. The van der Waals surface area contributed by atoms with Crippen molar-refractivity contribution in [3.63, 3.8) is 0 Å². The molecule has 25 heavy (non-hydrogen) atoms. The first-order valence-electron chi connectivity index (χ1n) is 7.98. The summed E-state index contributed by atoms with van der Waals surface area (Å²) in [5, 5.41) is 11.2. The number of nitrogens with zero attached hydrogens (tertiary/aromatic N) is 2. The highest BCUT2D eigenvalue weighted by Gasteiger charge is 2.30. The van der Waals surface area contributed by atoms with Crippen LogP contribution in [0, 0.1) is 10.1 Å². The molecule has 2 aromatic carbocycles. The smallest absolute Gasteiger partial charge is 0.310 e. The fourth-order valence-corrected chi connectivity index (χ4v) is 2.67. The number of morpholine rings is 1. The lowest BCUT2D eigenvalue weighted by atomic mass is 10.1. The second-order valence-corrected chi connectivity index (χ2v) is 5.57. The van der Waals surface area contributed by atoms with Crippen LogP contribution in [0.15, 0.2) is 54.6 Å². The van der Waals surface area contributed by atoms with Gasteiger partial charge in [0.15, 0.2) is 5.75 Å². The third-order valence-corrected chi connectivity index (χ3v) is 3.96. The van der Waals surface area contributed by atoms with Gasteiger partial charge in [-0.15, -0.1) is 0 Å². The highest BCUT2D eigenvalue weighted by Crippen LogP contribution is 2.31. The fourth-order valence-electron chi connectivity index (χ4n) is 2.67. The molecule has 0 bridgehead atoms. The molecule has 0 saturated carbocycles. The molecule has 3 rings (SSSR count). The van der Waals surface area contributed by atoms with Gasteiger partial charge in [-0.3, -0.25) is 14.9 Å². The number of benzene rings is 2. The van der Waals surface area contributed by atoms with Crippen LogP contribution in [-0.4, -0.2) is 42.0 Å². The van der Waals surface area contributed by atoms with Crippen molar-refractivity contribution in [1.29, 1.82) is 0 Å². The minimum absolute atomic E-state index is 0.0722. The van der Waals surface area contributed by atoms with Crippen LogP contribution in [0.4, 0.5) is 5.69 Å². The first-order chi connectivity index (χ1) is 12.2. The van der Waals surface area contributed by atoms with E-state index < -0.39 is 11.0 Å². The van der Waals surface area contributed by atoms with E-state index in [-0.39, 0.29) is 17.3 Å². The molecule has 1 fully saturated rings. The van der Waals surface area contributed by atoms with Crippen molar-refractivity contribution < 1.29 is 19.2 Å². The molecular weight excluding hydrogens is 324 g/mol. The Labute approximate surface area is 144 Å². The van der Waals surface area contributed by atoms with Crippen molar-refractivity contribution >= 4 is 11.6 Å².